The highest BCUT2D eigenvalue weighted by atomic mass is 127. The van der Waals surface area contributed by atoms with Crippen molar-refractivity contribution < 1.29 is 9.13 Å². The minimum absolute atomic E-state index is 0.255. The zero-order valence-corrected chi connectivity index (χ0v) is 12.5. The largest absolute Gasteiger partial charge is 0.488 e. The molecule has 0 saturated heterocycles. The van der Waals surface area contributed by atoms with Gasteiger partial charge in [0, 0.05) is 10.0 Å². The fourth-order valence-electron chi connectivity index (χ4n) is 1.36. The maximum Gasteiger partial charge on any atom is 0.133 e. The molecule has 4 heteroatoms. The molecule has 0 aromatic heterocycles. The minimum atomic E-state index is -0.255. The quantitative estimate of drug-likeness (QED) is 0.667. The van der Waals surface area contributed by atoms with Gasteiger partial charge in [-0.3, -0.25) is 0 Å². The fraction of sp³-hybridized carbons (Fsp3) is 0.0769. The molecule has 2 rings (SSSR count). The summed E-state index contributed by atoms with van der Waals surface area (Å²) in [5.41, 5.74) is 0.922. The molecule has 0 amide bonds. The van der Waals surface area contributed by atoms with Gasteiger partial charge in [0.05, 0.1) is 3.57 Å². The molecule has 0 fully saturated rings. The number of hydrogen-bond acceptors (Lipinski definition) is 1. The maximum atomic E-state index is 12.9. The van der Waals surface area contributed by atoms with E-state index < -0.39 is 0 Å². The zero-order chi connectivity index (χ0) is 12.3. The van der Waals surface area contributed by atoms with Crippen molar-refractivity contribution in [1.82, 2.24) is 0 Å². The average Bonchev–Trinajstić information content (AvgIpc) is 2.30. The molecule has 0 spiro atoms. The Hall–Kier alpha value is -0.620. The Kier molecular flexibility index (Phi) is 4.39. The molecule has 17 heavy (non-hydrogen) atoms. The monoisotopic (exact) mass is 406 g/mol. The molecule has 0 saturated carbocycles. The van der Waals surface area contributed by atoms with Gasteiger partial charge in [0.15, 0.2) is 0 Å². The van der Waals surface area contributed by atoms with Crippen LogP contribution in [0.25, 0.3) is 0 Å². The first kappa shape index (κ1) is 12.8. The molecule has 1 nitrogen and oxygen atoms in total. The van der Waals surface area contributed by atoms with Crippen LogP contribution in [-0.2, 0) is 6.61 Å². The number of hydrogen-bond donors (Lipinski definition) is 0. The Morgan fingerprint density at radius 1 is 1.18 bits per heavy atom. The van der Waals surface area contributed by atoms with Crippen molar-refractivity contribution >= 4 is 38.5 Å². The summed E-state index contributed by atoms with van der Waals surface area (Å²) in [6.07, 6.45) is 0. The van der Waals surface area contributed by atoms with E-state index in [1.807, 2.05) is 24.3 Å². The molecule has 0 N–H and O–H groups in total. The number of rotatable bonds is 3. The second-order valence-corrected chi connectivity index (χ2v) is 5.47. The van der Waals surface area contributed by atoms with Crippen molar-refractivity contribution in [2.45, 2.75) is 6.61 Å². The highest BCUT2D eigenvalue weighted by Gasteiger charge is 2.04. The third-order valence-electron chi connectivity index (χ3n) is 2.23. The first-order valence-electron chi connectivity index (χ1n) is 4.98. The topological polar surface area (TPSA) is 9.23 Å². The number of halogens is 3. The zero-order valence-electron chi connectivity index (χ0n) is 8.79. The van der Waals surface area contributed by atoms with Crippen LogP contribution in [0.1, 0.15) is 5.56 Å². The first-order chi connectivity index (χ1) is 8.16. The van der Waals surface area contributed by atoms with E-state index in [0.717, 1.165) is 19.4 Å². The second kappa shape index (κ2) is 5.82. The van der Waals surface area contributed by atoms with E-state index in [2.05, 4.69) is 38.5 Å². The van der Waals surface area contributed by atoms with Crippen molar-refractivity contribution in [3.8, 4) is 5.75 Å². The predicted molar refractivity (Wildman–Crippen MR) is 77.6 cm³/mol. The summed E-state index contributed by atoms with van der Waals surface area (Å²) >= 11 is 5.54. The molecule has 2 aromatic carbocycles. The van der Waals surface area contributed by atoms with Crippen LogP contribution in [0.15, 0.2) is 46.9 Å². The van der Waals surface area contributed by atoms with E-state index in [-0.39, 0.29) is 5.82 Å². The third-order valence-corrected chi connectivity index (χ3v) is 3.86. The lowest BCUT2D eigenvalue weighted by molar-refractivity contribution is 0.303. The smallest absolute Gasteiger partial charge is 0.133 e. The molecule has 0 aliphatic rings. The number of ether oxygens (including phenoxy) is 1. The minimum Gasteiger partial charge on any atom is -0.488 e. The summed E-state index contributed by atoms with van der Waals surface area (Å²) in [5.74, 6) is 0.583. The molecule has 2 aromatic rings. The Balaban J connectivity index is 2.10. The standard InChI is InChI=1S/C13H9BrFIO/c14-11-7-10(15)6-5-9(11)8-17-13-4-2-1-3-12(13)16/h1-7H,8H2. The van der Waals surface area contributed by atoms with Crippen LogP contribution in [0.3, 0.4) is 0 Å². The Bertz CT molecular complexity index is 531. The van der Waals surface area contributed by atoms with Crippen LogP contribution in [0.2, 0.25) is 0 Å². The molecule has 0 aliphatic carbocycles. The molecule has 88 valence electrons. The van der Waals surface area contributed by atoms with Crippen molar-refractivity contribution in [2.24, 2.45) is 0 Å². The molecule has 0 heterocycles. The normalized spacial score (nSPS) is 10.3. The van der Waals surface area contributed by atoms with Crippen molar-refractivity contribution in [3.05, 3.63) is 61.9 Å². The number of para-hydroxylation sites is 1. The van der Waals surface area contributed by atoms with Crippen LogP contribution in [0.5, 0.6) is 5.75 Å². The van der Waals surface area contributed by atoms with E-state index in [4.69, 9.17) is 4.74 Å². The Labute approximate surface area is 121 Å². The summed E-state index contributed by atoms with van der Waals surface area (Å²) in [7, 11) is 0. The van der Waals surface area contributed by atoms with Crippen LogP contribution in [-0.4, -0.2) is 0 Å². The van der Waals surface area contributed by atoms with Gasteiger partial charge in [0.25, 0.3) is 0 Å². The number of benzene rings is 2. The van der Waals surface area contributed by atoms with E-state index in [0.29, 0.717) is 6.61 Å². The first-order valence-corrected chi connectivity index (χ1v) is 6.85. The molecular formula is C13H9BrFIO. The van der Waals surface area contributed by atoms with Gasteiger partial charge in [0.1, 0.15) is 18.2 Å². The molecule has 0 radical (unpaired) electrons. The van der Waals surface area contributed by atoms with Gasteiger partial charge < -0.3 is 4.74 Å². The third kappa shape index (κ3) is 3.42. The Morgan fingerprint density at radius 2 is 1.94 bits per heavy atom. The summed E-state index contributed by atoms with van der Waals surface area (Å²) < 4.78 is 20.4. The van der Waals surface area contributed by atoms with E-state index in [9.17, 15) is 4.39 Å². The van der Waals surface area contributed by atoms with Gasteiger partial charge in [0.2, 0.25) is 0 Å². The lowest BCUT2D eigenvalue weighted by Crippen LogP contribution is -1.98. The van der Waals surface area contributed by atoms with Gasteiger partial charge in [-0.25, -0.2) is 4.39 Å². The average molecular weight is 407 g/mol. The summed E-state index contributed by atoms with van der Waals surface area (Å²) in [5, 5.41) is 0. The molecule has 0 bridgehead atoms. The van der Waals surface area contributed by atoms with Gasteiger partial charge in [-0.05, 0) is 46.9 Å². The van der Waals surface area contributed by atoms with Crippen molar-refractivity contribution in [2.75, 3.05) is 0 Å². The van der Waals surface area contributed by atoms with Crippen LogP contribution in [0.4, 0.5) is 4.39 Å². The van der Waals surface area contributed by atoms with Crippen molar-refractivity contribution in [1.29, 1.82) is 0 Å². The van der Waals surface area contributed by atoms with Crippen LogP contribution in [0, 0.1) is 9.39 Å². The van der Waals surface area contributed by atoms with Gasteiger partial charge >= 0.3 is 0 Å². The summed E-state index contributed by atoms with van der Waals surface area (Å²) in [6.45, 7) is 0.418. The SMILES string of the molecule is Fc1ccc(COc2ccccc2I)c(Br)c1. The van der Waals surface area contributed by atoms with Gasteiger partial charge in [-0.15, -0.1) is 0 Å². The second-order valence-electron chi connectivity index (χ2n) is 3.45. The predicted octanol–water partition coefficient (Wildman–Crippen LogP) is 4.77. The fourth-order valence-corrected chi connectivity index (χ4v) is 2.36. The van der Waals surface area contributed by atoms with Crippen LogP contribution < -0.4 is 4.74 Å². The molecule has 0 unspecified atom stereocenters. The summed E-state index contributed by atoms with van der Waals surface area (Å²) in [4.78, 5) is 0. The van der Waals surface area contributed by atoms with E-state index in [1.165, 1.54) is 12.1 Å². The highest BCUT2D eigenvalue weighted by Crippen LogP contribution is 2.23. The van der Waals surface area contributed by atoms with Crippen LogP contribution >= 0.6 is 38.5 Å². The van der Waals surface area contributed by atoms with Crippen molar-refractivity contribution in [3.63, 3.8) is 0 Å². The van der Waals surface area contributed by atoms with E-state index >= 15 is 0 Å². The maximum absolute atomic E-state index is 12.9. The van der Waals surface area contributed by atoms with Gasteiger partial charge in [-0.1, -0.05) is 34.1 Å². The lowest BCUT2D eigenvalue weighted by atomic mass is 10.2. The molecular weight excluding hydrogens is 398 g/mol. The molecule has 0 atom stereocenters. The summed E-state index contributed by atoms with van der Waals surface area (Å²) in [6, 6.07) is 12.4. The van der Waals surface area contributed by atoms with Gasteiger partial charge in [-0.2, -0.15) is 0 Å². The highest BCUT2D eigenvalue weighted by molar-refractivity contribution is 14.1. The molecule has 0 aliphatic heterocycles. The lowest BCUT2D eigenvalue weighted by Gasteiger charge is -2.09. The Morgan fingerprint density at radius 3 is 2.65 bits per heavy atom. The van der Waals surface area contributed by atoms with E-state index in [1.54, 1.807) is 6.07 Å².